The third-order valence-electron chi connectivity index (χ3n) is 4.44. The summed E-state index contributed by atoms with van der Waals surface area (Å²) >= 11 is 0. The molecule has 2 unspecified atom stereocenters. The molecule has 1 saturated heterocycles. The lowest BCUT2D eigenvalue weighted by atomic mass is 9.86. The van der Waals surface area contributed by atoms with Crippen LogP contribution in [0.25, 0.3) is 0 Å². The molecule has 0 aliphatic carbocycles. The van der Waals surface area contributed by atoms with Crippen LogP contribution in [-0.4, -0.2) is 25.2 Å². The maximum Gasteiger partial charge on any atom is 0.227 e. The summed E-state index contributed by atoms with van der Waals surface area (Å²) in [6.07, 6.45) is 2.35. The van der Waals surface area contributed by atoms with Gasteiger partial charge in [-0.2, -0.15) is 0 Å². The van der Waals surface area contributed by atoms with E-state index in [-0.39, 0.29) is 23.8 Å². The SMILES string of the molecule is CC(C)c1ccc(C(C(=O)NCC2CCCO2)C(C)C)cc1. The third-order valence-corrected chi connectivity index (χ3v) is 4.44. The van der Waals surface area contributed by atoms with Crippen LogP contribution in [-0.2, 0) is 9.53 Å². The van der Waals surface area contributed by atoms with Crippen LogP contribution in [0.1, 0.15) is 63.5 Å². The van der Waals surface area contributed by atoms with Crippen molar-refractivity contribution >= 4 is 5.91 Å². The second-order valence-corrected chi connectivity index (χ2v) is 6.92. The Balaban J connectivity index is 2.02. The van der Waals surface area contributed by atoms with Crippen molar-refractivity contribution in [3.05, 3.63) is 35.4 Å². The van der Waals surface area contributed by atoms with E-state index in [0.29, 0.717) is 12.5 Å². The number of carbonyl (C=O) groups is 1. The summed E-state index contributed by atoms with van der Waals surface area (Å²) in [6.45, 7) is 10.0. The predicted molar refractivity (Wildman–Crippen MR) is 90.1 cm³/mol. The van der Waals surface area contributed by atoms with E-state index in [0.717, 1.165) is 25.0 Å². The number of nitrogens with one attached hydrogen (secondary N) is 1. The number of amides is 1. The van der Waals surface area contributed by atoms with Crippen molar-refractivity contribution in [3.8, 4) is 0 Å². The van der Waals surface area contributed by atoms with E-state index < -0.39 is 0 Å². The highest BCUT2D eigenvalue weighted by molar-refractivity contribution is 5.84. The van der Waals surface area contributed by atoms with E-state index >= 15 is 0 Å². The van der Waals surface area contributed by atoms with Crippen molar-refractivity contribution in [1.82, 2.24) is 5.32 Å². The summed E-state index contributed by atoms with van der Waals surface area (Å²) in [7, 11) is 0. The van der Waals surface area contributed by atoms with E-state index in [1.54, 1.807) is 0 Å². The number of hydrogen-bond donors (Lipinski definition) is 1. The maximum absolute atomic E-state index is 12.6. The van der Waals surface area contributed by atoms with Crippen LogP contribution in [0.5, 0.6) is 0 Å². The molecule has 3 nitrogen and oxygen atoms in total. The highest BCUT2D eigenvalue weighted by Crippen LogP contribution is 2.26. The van der Waals surface area contributed by atoms with Gasteiger partial charge < -0.3 is 10.1 Å². The molecule has 0 radical (unpaired) electrons. The van der Waals surface area contributed by atoms with Gasteiger partial charge in [-0.3, -0.25) is 4.79 Å². The largest absolute Gasteiger partial charge is 0.376 e. The van der Waals surface area contributed by atoms with Gasteiger partial charge >= 0.3 is 0 Å². The van der Waals surface area contributed by atoms with Crippen molar-refractivity contribution in [2.45, 2.75) is 58.5 Å². The van der Waals surface area contributed by atoms with Crippen LogP contribution in [0, 0.1) is 5.92 Å². The molecule has 122 valence electrons. The zero-order valence-electron chi connectivity index (χ0n) is 14.3. The summed E-state index contributed by atoms with van der Waals surface area (Å²) < 4.78 is 5.58. The Hall–Kier alpha value is -1.35. The van der Waals surface area contributed by atoms with Gasteiger partial charge in [0.25, 0.3) is 0 Å². The van der Waals surface area contributed by atoms with E-state index in [4.69, 9.17) is 4.74 Å². The van der Waals surface area contributed by atoms with Crippen LogP contribution < -0.4 is 5.32 Å². The molecule has 22 heavy (non-hydrogen) atoms. The van der Waals surface area contributed by atoms with E-state index in [1.807, 2.05) is 0 Å². The second kappa shape index (κ2) is 7.77. The fraction of sp³-hybridized carbons (Fsp3) is 0.632. The predicted octanol–water partition coefficient (Wildman–Crippen LogP) is 3.84. The molecule has 2 atom stereocenters. The van der Waals surface area contributed by atoms with Crippen molar-refractivity contribution in [1.29, 1.82) is 0 Å². The minimum atomic E-state index is -0.0948. The van der Waals surface area contributed by atoms with Crippen molar-refractivity contribution in [2.75, 3.05) is 13.2 Å². The molecule has 1 N–H and O–H groups in total. The fourth-order valence-corrected chi connectivity index (χ4v) is 3.06. The molecule has 0 aromatic heterocycles. The average molecular weight is 303 g/mol. The monoisotopic (exact) mass is 303 g/mol. The van der Waals surface area contributed by atoms with Crippen LogP contribution in [0.4, 0.5) is 0 Å². The average Bonchev–Trinajstić information content (AvgIpc) is 2.99. The third kappa shape index (κ3) is 4.33. The highest BCUT2D eigenvalue weighted by atomic mass is 16.5. The molecule has 1 fully saturated rings. The molecule has 3 heteroatoms. The molecule has 0 bridgehead atoms. The van der Waals surface area contributed by atoms with Gasteiger partial charge in [-0.05, 0) is 35.8 Å². The van der Waals surface area contributed by atoms with E-state index in [2.05, 4.69) is 57.3 Å². The Bertz CT molecular complexity index is 473. The first-order valence-corrected chi connectivity index (χ1v) is 8.48. The van der Waals surface area contributed by atoms with Gasteiger partial charge in [0.1, 0.15) is 0 Å². The first-order chi connectivity index (χ1) is 10.5. The van der Waals surface area contributed by atoms with Gasteiger partial charge in [0.2, 0.25) is 5.91 Å². The van der Waals surface area contributed by atoms with Crippen molar-refractivity contribution in [3.63, 3.8) is 0 Å². The van der Waals surface area contributed by atoms with Crippen molar-refractivity contribution < 1.29 is 9.53 Å². The topological polar surface area (TPSA) is 38.3 Å². The number of carbonyl (C=O) groups excluding carboxylic acids is 1. The molecular weight excluding hydrogens is 274 g/mol. The molecule has 1 amide bonds. The van der Waals surface area contributed by atoms with Gasteiger partial charge in [0, 0.05) is 13.2 Å². The normalized spacial score (nSPS) is 19.6. The van der Waals surface area contributed by atoms with Crippen LogP contribution in [0.2, 0.25) is 0 Å². The lowest BCUT2D eigenvalue weighted by Gasteiger charge is -2.22. The number of benzene rings is 1. The van der Waals surface area contributed by atoms with E-state index in [1.165, 1.54) is 5.56 Å². The van der Waals surface area contributed by atoms with Crippen LogP contribution >= 0.6 is 0 Å². The fourth-order valence-electron chi connectivity index (χ4n) is 3.06. The minimum absolute atomic E-state index is 0.0948. The number of ether oxygens (including phenoxy) is 1. The standard InChI is InChI=1S/C19H29NO2/c1-13(2)15-7-9-16(10-8-15)18(14(3)4)19(21)20-12-17-6-5-11-22-17/h7-10,13-14,17-18H,5-6,11-12H2,1-4H3,(H,20,21). The van der Waals surface area contributed by atoms with Gasteiger partial charge in [0.05, 0.1) is 12.0 Å². The summed E-state index contributed by atoms with van der Waals surface area (Å²) in [5, 5.41) is 3.08. The van der Waals surface area contributed by atoms with Gasteiger partial charge in [-0.25, -0.2) is 0 Å². The van der Waals surface area contributed by atoms with Gasteiger partial charge in [-0.1, -0.05) is 52.0 Å². The number of hydrogen-bond acceptors (Lipinski definition) is 2. The maximum atomic E-state index is 12.6. The van der Waals surface area contributed by atoms with Crippen LogP contribution in [0.3, 0.4) is 0 Å². The molecule has 2 rings (SSSR count). The second-order valence-electron chi connectivity index (χ2n) is 6.92. The van der Waals surface area contributed by atoms with E-state index in [9.17, 15) is 4.79 Å². The minimum Gasteiger partial charge on any atom is -0.376 e. The Morgan fingerprint density at radius 3 is 2.32 bits per heavy atom. The lowest BCUT2D eigenvalue weighted by molar-refractivity contribution is -0.124. The molecule has 0 spiro atoms. The Kier molecular flexibility index (Phi) is 6.01. The molecule has 1 heterocycles. The zero-order chi connectivity index (χ0) is 16.1. The zero-order valence-corrected chi connectivity index (χ0v) is 14.3. The molecular formula is C19H29NO2. The highest BCUT2D eigenvalue weighted by Gasteiger charge is 2.25. The molecule has 1 aliphatic heterocycles. The first kappa shape index (κ1) is 17.0. The Morgan fingerprint density at radius 2 is 1.82 bits per heavy atom. The van der Waals surface area contributed by atoms with Gasteiger partial charge in [-0.15, -0.1) is 0 Å². The summed E-state index contributed by atoms with van der Waals surface area (Å²) in [4.78, 5) is 12.6. The number of rotatable bonds is 6. The van der Waals surface area contributed by atoms with Gasteiger partial charge in [0.15, 0.2) is 0 Å². The molecule has 1 aliphatic rings. The first-order valence-electron chi connectivity index (χ1n) is 8.48. The summed E-state index contributed by atoms with van der Waals surface area (Å²) in [5.74, 6) is 0.805. The molecule has 1 aromatic carbocycles. The smallest absolute Gasteiger partial charge is 0.227 e. The summed E-state index contributed by atoms with van der Waals surface area (Å²) in [5.41, 5.74) is 2.41. The molecule has 0 saturated carbocycles. The van der Waals surface area contributed by atoms with Crippen LogP contribution in [0.15, 0.2) is 24.3 Å². The lowest BCUT2D eigenvalue weighted by Crippen LogP contribution is -2.37. The molecule has 1 aromatic rings. The van der Waals surface area contributed by atoms with Crippen molar-refractivity contribution in [2.24, 2.45) is 5.92 Å². The Morgan fingerprint density at radius 1 is 1.18 bits per heavy atom. The summed E-state index contributed by atoms with van der Waals surface area (Å²) in [6, 6.07) is 8.49. The Labute approximate surface area is 134 Å². The quantitative estimate of drug-likeness (QED) is 0.867.